The van der Waals surface area contributed by atoms with Crippen LogP contribution < -0.4 is 9.64 Å². The van der Waals surface area contributed by atoms with Crippen LogP contribution in [0.15, 0.2) is 42.9 Å². The van der Waals surface area contributed by atoms with E-state index in [1.165, 1.54) is 0 Å². The highest BCUT2D eigenvalue weighted by molar-refractivity contribution is 5.87. The van der Waals surface area contributed by atoms with Crippen LogP contribution in [0.1, 0.15) is 37.4 Å². The summed E-state index contributed by atoms with van der Waals surface area (Å²) >= 11 is 0. The molecule has 0 unspecified atom stereocenters. The molecule has 0 radical (unpaired) electrons. The first kappa shape index (κ1) is 22.8. The molecule has 1 fully saturated rings. The third-order valence-corrected chi connectivity index (χ3v) is 6.43. The third-order valence-electron chi connectivity index (χ3n) is 6.43. The molecule has 33 heavy (non-hydrogen) atoms. The highest BCUT2D eigenvalue weighted by Gasteiger charge is 2.38. The van der Waals surface area contributed by atoms with E-state index in [4.69, 9.17) is 9.72 Å². The van der Waals surface area contributed by atoms with Crippen LogP contribution in [0.25, 0.3) is 11.1 Å². The lowest BCUT2D eigenvalue weighted by Crippen LogP contribution is -2.42. The van der Waals surface area contributed by atoms with E-state index in [9.17, 15) is 4.79 Å². The van der Waals surface area contributed by atoms with Crippen LogP contribution in [-0.2, 0) is 17.3 Å². The van der Waals surface area contributed by atoms with Crippen LogP contribution in [0, 0.1) is 0 Å². The fraction of sp³-hybridized carbons (Fsp3) is 0.440. The largest absolute Gasteiger partial charge is 0.497 e. The molecule has 8 heteroatoms. The molecule has 1 aliphatic heterocycles. The minimum Gasteiger partial charge on any atom is -0.497 e. The molecule has 1 amide bonds. The Morgan fingerprint density at radius 3 is 2.52 bits per heavy atom. The lowest BCUT2D eigenvalue weighted by atomic mass is 9.83. The predicted octanol–water partition coefficient (Wildman–Crippen LogP) is 3.25. The molecule has 8 nitrogen and oxygen atoms in total. The van der Waals surface area contributed by atoms with E-state index < -0.39 is 5.41 Å². The number of carbonyl (C=O) groups is 1. The number of carbonyl (C=O) groups excluding carboxylic acids is 1. The molecule has 2 aromatic heterocycles. The van der Waals surface area contributed by atoms with Gasteiger partial charge in [-0.25, -0.2) is 9.97 Å². The molecule has 174 valence electrons. The van der Waals surface area contributed by atoms with E-state index in [2.05, 4.69) is 10.1 Å². The van der Waals surface area contributed by atoms with Gasteiger partial charge in [0.1, 0.15) is 5.75 Å². The maximum atomic E-state index is 13.6. The molecule has 3 heterocycles. The number of likely N-dealkylation sites (tertiary alicyclic amines) is 1. The van der Waals surface area contributed by atoms with E-state index in [-0.39, 0.29) is 11.8 Å². The van der Waals surface area contributed by atoms with Gasteiger partial charge < -0.3 is 14.5 Å². The zero-order chi connectivity index (χ0) is 23.8. The number of aromatic nitrogens is 4. The molecule has 1 saturated heterocycles. The van der Waals surface area contributed by atoms with Crippen molar-refractivity contribution >= 4 is 11.9 Å². The van der Waals surface area contributed by atoms with Crippen molar-refractivity contribution in [1.82, 2.24) is 24.6 Å². The van der Waals surface area contributed by atoms with E-state index in [0.717, 1.165) is 34.6 Å². The smallest absolute Gasteiger partial charge is 0.232 e. The number of aryl methyl sites for hydroxylation is 1. The molecule has 1 atom stereocenters. The van der Waals surface area contributed by atoms with Crippen molar-refractivity contribution in [3.8, 4) is 16.9 Å². The Bertz CT molecular complexity index is 1140. The third kappa shape index (κ3) is 4.42. The Morgan fingerprint density at radius 1 is 1.18 bits per heavy atom. The number of amides is 1. The summed E-state index contributed by atoms with van der Waals surface area (Å²) in [6.45, 7) is 5.31. The monoisotopic (exact) mass is 448 g/mol. The van der Waals surface area contributed by atoms with Gasteiger partial charge in [0, 0.05) is 63.7 Å². The number of hydrogen-bond donors (Lipinski definition) is 0. The quantitative estimate of drug-likeness (QED) is 0.576. The summed E-state index contributed by atoms with van der Waals surface area (Å²) in [4.78, 5) is 26.9. The predicted molar refractivity (Wildman–Crippen MR) is 129 cm³/mol. The molecular weight excluding hydrogens is 416 g/mol. The van der Waals surface area contributed by atoms with E-state index in [0.29, 0.717) is 19.0 Å². The Labute approximate surface area is 195 Å². The van der Waals surface area contributed by atoms with Gasteiger partial charge >= 0.3 is 0 Å². The van der Waals surface area contributed by atoms with Gasteiger partial charge in [0.15, 0.2) is 0 Å². The normalized spacial score (nSPS) is 16.2. The molecular formula is C25H32N6O2. The number of methoxy groups -OCH3 is 1. The van der Waals surface area contributed by atoms with Crippen LogP contribution in [0.3, 0.4) is 0 Å². The molecule has 0 aliphatic carbocycles. The standard InChI is InChI=1S/C25H32N6O2/c1-25(2,19-7-9-20(33-6)10-8-19)23(32)31-12-11-17(16-31)22-21(18-13-27-30(5)15-18)14-26-24(28-22)29(3)4/h7-10,13-15,17H,11-12,16H2,1-6H3/t17-/m1/s1. The lowest BCUT2D eigenvalue weighted by Gasteiger charge is -2.30. The number of benzene rings is 1. The second kappa shape index (κ2) is 8.84. The highest BCUT2D eigenvalue weighted by Crippen LogP contribution is 2.36. The van der Waals surface area contributed by atoms with Crippen molar-refractivity contribution in [2.24, 2.45) is 7.05 Å². The van der Waals surface area contributed by atoms with Crippen LogP contribution in [0.5, 0.6) is 5.75 Å². The average Bonchev–Trinajstić information content (AvgIpc) is 3.47. The number of nitrogens with zero attached hydrogens (tertiary/aromatic N) is 6. The maximum absolute atomic E-state index is 13.6. The first-order valence-electron chi connectivity index (χ1n) is 11.2. The van der Waals surface area contributed by atoms with Gasteiger partial charge in [-0.3, -0.25) is 9.48 Å². The second-order valence-electron chi connectivity index (χ2n) is 9.36. The summed E-state index contributed by atoms with van der Waals surface area (Å²) in [5.41, 5.74) is 3.28. The summed E-state index contributed by atoms with van der Waals surface area (Å²) < 4.78 is 7.04. The number of ether oxygens (including phenoxy) is 1. The van der Waals surface area contributed by atoms with Gasteiger partial charge in [-0.05, 0) is 38.0 Å². The fourth-order valence-corrected chi connectivity index (χ4v) is 4.39. The van der Waals surface area contributed by atoms with Crippen LogP contribution in [-0.4, -0.2) is 64.9 Å². The van der Waals surface area contributed by atoms with Crippen LogP contribution in [0.4, 0.5) is 5.95 Å². The topological polar surface area (TPSA) is 76.4 Å². The molecule has 0 spiro atoms. The summed E-state index contributed by atoms with van der Waals surface area (Å²) in [5.74, 6) is 1.71. The first-order valence-corrected chi connectivity index (χ1v) is 11.2. The van der Waals surface area contributed by atoms with Crippen LogP contribution >= 0.6 is 0 Å². The van der Waals surface area contributed by atoms with E-state index >= 15 is 0 Å². The number of rotatable bonds is 6. The molecule has 4 rings (SSSR count). The SMILES string of the molecule is COc1ccc(C(C)(C)C(=O)N2CC[C@@H](c3nc(N(C)C)ncc3-c3cnn(C)c3)C2)cc1. The first-order chi connectivity index (χ1) is 15.7. The summed E-state index contributed by atoms with van der Waals surface area (Å²) in [5, 5.41) is 4.32. The van der Waals surface area contributed by atoms with Gasteiger partial charge in [-0.1, -0.05) is 12.1 Å². The molecule has 1 aliphatic rings. The highest BCUT2D eigenvalue weighted by atomic mass is 16.5. The van der Waals surface area contributed by atoms with E-state index in [1.54, 1.807) is 11.8 Å². The van der Waals surface area contributed by atoms with Crippen molar-refractivity contribution < 1.29 is 9.53 Å². The van der Waals surface area contributed by atoms with E-state index in [1.807, 2.05) is 87.6 Å². The van der Waals surface area contributed by atoms with Gasteiger partial charge in [0.25, 0.3) is 0 Å². The Morgan fingerprint density at radius 2 is 1.91 bits per heavy atom. The van der Waals surface area contributed by atoms with Crippen molar-refractivity contribution in [2.45, 2.75) is 31.6 Å². The van der Waals surface area contributed by atoms with Gasteiger partial charge in [0.05, 0.1) is 24.4 Å². The Balaban J connectivity index is 1.60. The second-order valence-corrected chi connectivity index (χ2v) is 9.36. The van der Waals surface area contributed by atoms with Gasteiger partial charge in [-0.2, -0.15) is 5.10 Å². The number of anilines is 1. The van der Waals surface area contributed by atoms with Crippen molar-refractivity contribution in [1.29, 1.82) is 0 Å². The number of hydrogen-bond acceptors (Lipinski definition) is 6. The zero-order valence-electron chi connectivity index (χ0n) is 20.2. The molecule has 1 aromatic carbocycles. The molecule has 0 saturated carbocycles. The molecule has 0 N–H and O–H groups in total. The van der Waals surface area contributed by atoms with Crippen molar-refractivity contribution in [3.05, 3.63) is 54.1 Å². The summed E-state index contributed by atoms with van der Waals surface area (Å²) in [6, 6.07) is 7.75. The lowest BCUT2D eigenvalue weighted by molar-refractivity contribution is -0.135. The summed E-state index contributed by atoms with van der Waals surface area (Å²) in [6.07, 6.45) is 6.55. The van der Waals surface area contributed by atoms with Gasteiger partial charge in [0.2, 0.25) is 11.9 Å². The van der Waals surface area contributed by atoms with Crippen molar-refractivity contribution in [3.63, 3.8) is 0 Å². The minimum atomic E-state index is -0.631. The zero-order valence-corrected chi connectivity index (χ0v) is 20.2. The molecule has 3 aromatic rings. The molecule has 0 bridgehead atoms. The average molecular weight is 449 g/mol. The maximum Gasteiger partial charge on any atom is 0.232 e. The van der Waals surface area contributed by atoms with Gasteiger partial charge in [-0.15, -0.1) is 0 Å². The fourth-order valence-electron chi connectivity index (χ4n) is 4.39. The van der Waals surface area contributed by atoms with Crippen LogP contribution in [0.2, 0.25) is 0 Å². The minimum absolute atomic E-state index is 0.125. The van der Waals surface area contributed by atoms with Crippen molar-refractivity contribution in [2.75, 3.05) is 39.2 Å². The summed E-state index contributed by atoms with van der Waals surface area (Å²) in [7, 11) is 7.41. The Hall–Kier alpha value is -3.42. The Kier molecular flexibility index (Phi) is 6.10.